The van der Waals surface area contributed by atoms with Gasteiger partial charge in [0.2, 0.25) is 0 Å². The number of nitrogens with two attached hydrogens (primary N) is 1. The molecule has 2 aromatic heterocycles. The summed E-state index contributed by atoms with van der Waals surface area (Å²) in [5, 5.41) is 0.854. The number of hydrogen-bond acceptors (Lipinski definition) is 7. The smallest absolute Gasteiger partial charge is 0.325 e. The van der Waals surface area contributed by atoms with Crippen LogP contribution in [-0.4, -0.2) is 43.8 Å². The van der Waals surface area contributed by atoms with Gasteiger partial charge in [-0.05, 0) is 32.4 Å². The molecule has 0 fully saturated rings. The van der Waals surface area contributed by atoms with Gasteiger partial charge in [-0.1, -0.05) is 0 Å². The normalized spacial score (nSPS) is 14.0. The summed E-state index contributed by atoms with van der Waals surface area (Å²) >= 11 is 1.59. The van der Waals surface area contributed by atoms with E-state index in [1.165, 1.54) is 6.33 Å². The topological polar surface area (TPSA) is 107 Å². The molecular formula is C13H19N5O2S. The van der Waals surface area contributed by atoms with Crippen molar-refractivity contribution in [1.82, 2.24) is 19.9 Å². The molecule has 21 heavy (non-hydrogen) atoms. The van der Waals surface area contributed by atoms with Crippen molar-refractivity contribution >= 4 is 28.9 Å². The van der Waals surface area contributed by atoms with Crippen LogP contribution in [0.2, 0.25) is 0 Å². The number of carbonyl (C=O) groups excluding carboxylic acids is 1. The fourth-order valence-electron chi connectivity index (χ4n) is 1.86. The summed E-state index contributed by atoms with van der Waals surface area (Å²) in [4.78, 5) is 27.1. The maximum Gasteiger partial charge on any atom is 0.325 e. The van der Waals surface area contributed by atoms with Gasteiger partial charge in [0.1, 0.15) is 22.4 Å². The number of nitrogens with one attached hydrogen (secondary N) is 1. The number of aromatic amines is 1. The second kappa shape index (κ2) is 6.86. The zero-order valence-electron chi connectivity index (χ0n) is 12.1. The van der Waals surface area contributed by atoms with Crippen LogP contribution in [-0.2, 0) is 9.53 Å². The van der Waals surface area contributed by atoms with Crippen molar-refractivity contribution in [2.75, 3.05) is 12.4 Å². The van der Waals surface area contributed by atoms with Gasteiger partial charge < -0.3 is 15.5 Å². The van der Waals surface area contributed by atoms with Gasteiger partial charge in [-0.2, -0.15) is 0 Å². The Labute approximate surface area is 127 Å². The Morgan fingerprint density at radius 2 is 2.29 bits per heavy atom. The number of carbonyl (C=O) groups is 1. The zero-order chi connectivity index (χ0) is 15.3. The first-order valence-electron chi connectivity index (χ1n) is 6.77. The summed E-state index contributed by atoms with van der Waals surface area (Å²) in [5.74, 6) is 0.449. The lowest BCUT2D eigenvalue weighted by Crippen LogP contribution is -2.46. The number of H-pyrrole nitrogens is 1. The Morgan fingerprint density at radius 1 is 1.48 bits per heavy atom. The van der Waals surface area contributed by atoms with Crippen molar-refractivity contribution in [1.29, 1.82) is 0 Å². The van der Waals surface area contributed by atoms with Crippen LogP contribution >= 0.6 is 11.8 Å². The van der Waals surface area contributed by atoms with Crippen LogP contribution in [0.25, 0.3) is 11.2 Å². The highest BCUT2D eigenvalue weighted by Gasteiger charge is 2.29. The summed E-state index contributed by atoms with van der Waals surface area (Å²) < 4.78 is 4.96. The fourth-order valence-corrected chi connectivity index (χ4v) is 2.76. The molecule has 3 N–H and O–H groups in total. The lowest BCUT2D eigenvalue weighted by molar-refractivity contribution is -0.149. The molecule has 1 atom stereocenters. The zero-order valence-corrected chi connectivity index (χ0v) is 12.9. The van der Waals surface area contributed by atoms with Gasteiger partial charge >= 0.3 is 5.97 Å². The standard InChI is InChI=1S/C13H19N5O2S/c1-3-20-12(19)13(2,14)5-4-6-21-11-9-10(16-7-15-9)17-8-18-11/h7-8H,3-6,14H2,1-2H3,(H,15,16,17,18). The molecule has 0 aliphatic heterocycles. The minimum absolute atomic E-state index is 0.346. The van der Waals surface area contributed by atoms with Crippen LogP contribution in [0.3, 0.4) is 0 Å². The number of ether oxygens (including phenoxy) is 1. The third kappa shape index (κ3) is 3.92. The number of nitrogens with zero attached hydrogens (tertiary/aromatic N) is 3. The third-order valence-electron chi connectivity index (χ3n) is 3.01. The maximum atomic E-state index is 11.7. The predicted octanol–water partition coefficient (Wildman–Crippen LogP) is 1.51. The van der Waals surface area contributed by atoms with E-state index in [1.807, 2.05) is 0 Å². The van der Waals surface area contributed by atoms with E-state index in [0.29, 0.717) is 18.7 Å². The number of fused-ring (bicyclic) bond motifs is 1. The first-order chi connectivity index (χ1) is 10.0. The number of hydrogen-bond donors (Lipinski definition) is 2. The summed E-state index contributed by atoms with van der Waals surface area (Å²) in [6.45, 7) is 3.82. The van der Waals surface area contributed by atoms with Crippen molar-refractivity contribution in [3.8, 4) is 0 Å². The molecule has 0 aliphatic rings. The van der Waals surface area contributed by atoms with Crippen LogP contribution < -0.4 is 5.73 Å². The Hall–Kier alpha value is -1.67. The predicted molar refractivity (Wildman–Crippen MR) is 80.9 cm³/mol. The van der Waals surface area contributed by atoms with Crippen molar-refractivity contribution in [3.63, 3.8) is 0 Å². The van der Waals surface area contributed by atoms with Gasteiger partial charge in [-0.25, -0.2) is 15.0 Å². The average Bonchev–Trinajstić information content (AvgIpc) is 2.93. The monoisotopic (exact) mass is 309 g/mol. The van der Waals surface area contributed by atoms with Gasteiger partial charge in [-0.15, -0.1) is 11.8 Å². The minimum Gasteiger partial charge on any atom is -0.465 e. The van der Waals surface area contributed by atoms with Gasteiger partial charge in [0.05, 0.1) is 12.9 Å². The van der Waals surface area contributed by atoms with E-state index >= 15 is 0 Å². The maximum absolute atomic E-state index is 11.7. The molecule has 8 heteroatoms. The van der Waals surface area contributed by atoms with E-state index in [2.05, 4.69) is 19.9 Å². The van der Waals surface area contributed by atoms with Gasteiger partial charge in [0.15, 0.2) is 5.65 Å². The van der Waals surface area contributed by atoms with E-state index in [1.54, 1.807) is 31.9 Å². The number of esters is 1. The average molecular weight is 309 g/mol. The molecular weight excluding hydrogens is 290 g/mol. The molecule has 114 valence electrons. The van der Waals surface area contributed by atoms with Gasteiger partial charge in [0, 0.05) is 0 Å². The minimum atomic E-state index is -0.939. The summed E-state index contributed by atoms with van der Waals surface area (Å²) in [5.41, 5.74) is 6.53. The number of imidazole rings is 1. The van der Waals surface area contributed by atoms with Crippen LogP contribution in [0.1, 0.15) is 26.7 Å². The second-order valence-corrected chi connectivity index (χ2v) is 5.95. The van der Waals surface area contributed by atoms with Crippen molar-refractivity contribution in [2.24, 2.45) is 5.73 Å². The molecule has 7 nitrogen and oxygen atoms in total. The number of thioether (sulfide) groups is 1. The Bertz CT molecular complexity index is 613. The molecule has 0 spiro atoms. The van der Waals surface area contributed by atoms with Gasteiger partial charge in [-0.3, -0.25) is 4.79 Å². The van der Waals surface area contributed by atoms with E-state index in [0.717, 1.165) is 22.7 Å². The highest BCUT2D eigenvalue weighted by atomic mass is 32.2. The highest BCUT2D eigenvalue weighted by molar-refractivity contribution is 7.99. The van der Waals surface area contributed by atoms with Crippen LogP contribution in [0.4, 0.5) is 0 Å². The van der Waals surface area contributed by atoms with E-state index in [9.17, 15) is 4.79 Å². The third-order valence-corrected chi connectivity index (χ3v) is 4.08. The Kier molecular flexibility index (Phi) is 5.13. The van der Waals surface area contributed by atoms with Crippen molar-refractivity contribution in [3.05, 3.63) is 12.7 Å². The molecule has 1 unspecified atom stereocenters. The van der Waals surface area contributed by atoms with Crippen LogP contribution in [0.5, 0.6) is 0 Å². The van der Waals surface area contributed by atoms with Crippen molar-refractivity contribution < 1.29 is 9.53 Å². The molecule has 2 heterocycles. The number of aromatic nitrogens is 4. The van der Waals surface area contributed by atoms with Crippen LogP contribution in [0.15, 0.2) is 17.7 Å². The van der Waals surface area contributed by atoms with E-state index in [4.69, 9.17) is 10.5 Å². The molecule has 0 radical (unpaired) electrons. The molecule has 0 aliphatic carbocycles. The molecule has 0 bridgehead atoms. The molecule has 2 rings (SSSR count). The van der Waals surface area contributed by atoms with E-state index in [-0.39, 0.29) is 5.97 Å². The van der Waals surface area contributed by atoms with Gasteiger partial charge in [0.25, 0.3) is 0 Å². The quantitative estimate of drug-likeness (QED) is 0.345. The molecule has 2 aromatic rings. The van der Waals surface area contributed by atoms with E-state index < -0.39 is 5.54 Å². The summed E-state index contributed by atoms with van der Waals surface area (Å²) in [6, 6.07) is 0. The fraction of sp³-hybridized carbons (Fsp3) is 0.538. The Balaban J connectivity index is 1.85. The highest BCUT2D eigenvalue weighted by Crippen LogP contribution is 2.24. The number of rotatable bonds is 7. The molecule has 0 saturated carbocycles. The Morgan fingerprint density at radius 3 is 3.05 bits per heavy atom. The van der Waals surface area contributed by atoms with Crippen molar-refractivity contribution in [2.45, 2.75) is 37.3 Å². The lowest BCUT2D eigenvalue weighted by atomic mass is 9.98. The first-order valence-corrected chi connectivity index (χ1v) is 7.76. The summed E-state index contributed by atoms with van der Waals surface area (Å²) in [7, 11) is 0. The summed E-state index contributed by atoms with van der Waals surface area (Å²) in [6.07, 6.45) is 4.45. The second-order valence-electron chi connectivity index (χ2n) is 4.87. The first kappa shape index (κ1) is 15.7. The molecule has 0 aromatic carbocycles. The lowest BCUT2D eigenvalue weighted by Gasteiger charge is -2.21. The largest absolute Gasteiger partial charge is 0.465 e. The SMILES string of the molecule is CCOC(=O)C(C)(N)CCCSc1ncnc2nc[nH]c12. The molecule has 0 amide bonds. The van der Waals surface area contributed by atoms with Crippen LogP contribution in [0, 0.1) is 0 Å². The molecule has 0 saturated heterocycles.